The number of nitrogens with zero attached hydrogens (tertiary/aromatic N) is 1. The zero-order chi connectivity index (χ0) is 9.72. The van der Waals surface area contributed by atoms with E-state index in [1.165, 1.54) is 0 Å². The lowest BCUT2D eigenvalue weighted by molar-refractivity contribution is 0.601. The highest BCUT2D eigenvalue weighted by molar-refractivity contribution is 7.85. The molecule has 0 N–H and O–H groups in total. The standard InChI is InChI=1S/C9H17NOS/c1-7(2)9(4)12(11)6-8(3)5-10/h7-9H,6H2,1-4H3. The lowest BCUT2D eigenvalue weighted by atomic mass is 10.2. The molecule has 0 aromatic heterocycles. The van der Waals surface area contributed by atoms with Crippen LogP contribution in [-0.4, -0.2) is 15.2 Å². The van der Waals surface area contributed by atoms with Gasteiger partial charge in [0.25, 0.3) is 0 Å². The molecule has 0 aromatic rings. The molecule has 0 radical (unpaired) electrons. The van der Waals surface area contributed by atoms with E-state index in [9.17, 15) is 4.21 Å². The molecule has 0 aliphatic carbocycles. The minimum atomic E-state index is -0.847. The topological polar surface area (TPSA) is 40.9 Å². The Labute approximate surface area is 77.4 Å². The minimum Gasteiger partial charge on any atom is -0.259 e. The van der Waals surface area contributed by atoms with Crippen molar-refractivity contribution >= 4 is 10.8 Å². The molecule has 3 unspecified atom stereocenters. The molecule has 0 saturated carbocycles. The summed E-state index contributed by atoms with van der Waals surface area (Å²) in [6.45, 7) is 7.90. The van der Waals surface area contributed by atoms with Crippen LogP contribution in [0.2, 0.25) is 0 Å². The SMILES string of the molecule is CC(C#N)CS(=O)C(C)C(C)C. The van der Waals surface area contributed by atoms with Gasteiger partial charge in [0.1, 0.15) is 0 Å². The lowest BCUT2D eigenvalue weighted by Crippen LogP contribution is -2.22. The maximum absolute atomic E-state index is 11.5. The van der Waals surface area contributed by atoms with Gasteiger partial charge in [-0.05, 0) is 12.8 Å². The molecule has 0 aliphatic rings. The van der Waals surface area contributed by atoms with Gasteiger partial charge in [0, 0.05) is 21.8 Å². The van der Waals surface area contributed by atoms with Crippen LogP contribution in [0.15, 0.2) is 0 Å². The fraction of sp³-hybridized carbons (Fsp3) is 0.889. The van der Waals surface area contributed by atoms with Gasteiger partial charge < -0.3 is 0 Å². The first-order chi connectivity index (χ1) is 5.49. The Balaban J connectivity index is 3.98. The molecule has 0 aromatic carbocycles. The van der Waals surface area contributed by atoms with E-state index in [0.29, 0.717) is 11.7 Å². The molecule has 0 fully saturated rings. The van der Waals surface area contributed by atoms with Crippen LogP contribution in [0.1, 0.15) is 27.7 Å². The average molecular weight is 187 g/mol. The number of rotatable bonds is 4. The summed E-state index contributed by atoms with van der Waals surface area (Å²) in [5.74, 6) is 0.847. The largest absolute Gasteiger partial charge is 0.259 e. The molecule has 2 nitrogen and oxygen atoms in total. The van der Waals surface area contributed by atoms with Gasteiger partial charge in [0.15, 0.2) is 0 Å². The molecule has 0 heterocycles. The quantitative estimate of drug-likeness (QED) is 0.675. The van der Waals surface area contributed by atoms with Crippen LogP contribution in [-0.2, 0) is 10.8 Å². The Morgan fingerprint density at radius 3 is 2.17 bits per heavy atom. The highest BCUT2D eigenvalue weighted by Gasteiger charge is 2.16. The lowest BCUT2D eigenvalue weighted by Gasteiger charge is -2.15. The summed E-state index contributed by atoms with van der Waals surface area (Å²) in [4.78, 5) is 0. The Hall–Kier alpha value is -0.360. The third-order valence-corrected chi connectivity index (χ3v) is 4.19. The maximum Gasteiger partial charge on any atom is 0.0662 e. The van der Waals surface area contributed by atoms with E-state index in [2.05, 4.69) is 19.9 Å². The molecule has 70 valence electrons. The van der Waals surface area contributed by atoms with Gasteiger partial charge in [-0.2, -0.15) is 5.26 Å². The molecule has 3 atom stereocenters. The van der Waals surface area contributed by atoms with Gasteiger partial charge in [0.2, 0.25) is 0 Å². The summed E-state index contributed by atoms with van der Waals surface area (Å²) in [6.07, 6.45) is 0. The summed E-state index contributed by atoms with van der Waals surface area (Å²) < 4.78 is 11.5. The van der Waals surface area contributed by atoms with Gasteiger partial charge in [0.05, 0.1) is 12.0 Å². The average Bonchev–Trinajstić information content (AvgIpc) is 2.02. The zero-order valence-corrected chi connectivity index (χ0v) is 9.02. The van der Waals surface area contributed by atoms with Crippen LogP contribution in [0.5, 0.6) is 0 Å². The molecule has 0 amide bonds. The van der Waals surface area contributed by atoms with Crippen molar-refractivity contribution in [3.63, 3.8) is 0 Å². The number of hydrogen-bond acceptors (Lipinski definition) is 2. The van der Waals surface area contributed by atoms with Gasteiger partial charge >= 0.3 is 0 Å². The fourth-order valence-electron chi connectivity index (χ4n) is 0.739. The summed E-state index contributed by atoms with van der Waals surface area (Å²) in [7, 11) is -0.847. The molecule has 12 heavy (non-hydrogen) atoms. The van der Waals surface area contributed by atoms with Gasteiger partial charge in [-0.1, -0.05) is 20.8 Å². The molecule has 0 aliphatic heterocycles. The van der Waals surface area contributed by atoms with Gasteiger partial charge in [-0.15, -0.1) is 0 Å². The van der Waals surface area contributed by atoms with Crippen molar-refractivity contribution in [3.05, 3.63) is 0 Å². The van der Waals surface area contributed by atoms with Crippen LogP contribution in [0, 0.1) is 23.2 Å². The first-order valence-corrected chi connectivity index (χ1v) is 5.64. The first kappa shape index (κ1) is 11.6. The molecule has 0 spiro atoms. The highest BCUT2D eigenvalue weighted by Crippen LogP contribution is 2.10. The second-order valence-electron chi connectivity index (χ2n) is 3.53. The fourth-order valence-corrected chi connectivity index (χ4v) is 2.22. The van der Waals surface area contributed by atoms with Crippen LogP contribution in [0.4, 0.5) is 0 Å². The van der Waals surface area contributed by atoms with Crippen LogP contribution < -0.4 is 0 Å². The number of nitriles is 1. The Bertz CT molecular complexity index is 195. The van der Waals surface area contributed by atoms with E-state index in [0.717, 1.165) is 0 Å². The maximum atomic E-state index is 11.5. The van der Waals surface area contributed by atoms with Crippen molar-refractivity contribution in [1.82, 2.24) is 0 Å². The van der Waals surface area contributed by atoms with Crippen molar-refractivity contribution in [3.8, 4) is 6.07 Å². The smallest absolute Gasteiger partial charge is 0.0662 e. The minimum absolute atomic E-state index is 0.0907. The zero-order valence-electron chi connectivity index (χ0n) is 8.20. The summed E-state index contributed by atoms with van der Waals surface area (Å²) in [6, 6.07) is 2.10. The highest BCUT2D eigenvalue weighted by atomic mass is 32.2. The van der Waals surface area contributed by atoms with E-state index >= 15 is 0 Å². The second-order valence-corrected chi connectivity index (χ2v) is 5.37. The van der Waals surface area contributed by atoms with Gasteiger partial charge in [-0.25, -0.2) is 0 Å². The van der Waals surface area contributed by atoms with Crippen molar-refractivity contribution in [2.45, 2.75) is 32.9 Å². The summed E-state index contributed by atoms with van der Waals surface area (Å²) in [5, 5.41) is 8.71. The molecule has 0 rings (SSSR count). The first-order valence-electron chi connectivity index (χ1n) is 4.25. The summed E-state index contributed by atoms with van der Waals surface area (Å²) in [5.41, 5.74) is 0. The Morgan fingerprint density at radius 2 is 1.83 bits per heavy atom. The molecule has 0 saturated heterocycles. The predicted molar refractivity (Wildman–Crippen MR) is 52.1 cm³/mol. The van der Waals surface area contributed by atoms with E-state index in [-0.39, 0.29) is 11.2 Å². The van der Waals surface area contributed by atoms with Crippen LogP contribution in [0.25, 0.3) is 0 Å². The normalized spacial score (nSPS) is 18.3. The molecular weight excluding hydrogens is 170 g/mol. The van der Waals surface area contributed by atoms with Crippen LogP contribution in [0.3, 0.4) is 0 Å². The van der Waals surface area contributed by atoms with Crippen molar-refractivity contribution in [2.75, 3.05) is 5.75 Å². The molecule has 3 heteroatoms. The van der Waals surface area contributed by atoms with E-state index in [4.69, 9.17) is 5.26 Å². The van der Waals surface area contributed by atoms with E-state index in [1.54, 1.807) is 0 Å². The number of hydrogen-bond donors (Lipinski definition) is 0. The molecule has 0 bridgehead atoms. The van der Waals surface area contributed by atoms with Gasteiger partial charge in [-0.3, -0.25) is 4.21 Å². The predicted octanol–water partition coefficient (Wildman–Crippen LogP) is 1.94. The molecular formula is C9H17NOS. The van der Waals surface area contributed by atoms with E-state index < -0.39 is 10.8 Å². The van der Waals surface area contributed by atoms with Crippen molar-refractivity contribution in [2.24, 2.45) is 11.8 Å². The Kier molecular flexibility index (Phi) is 5.16. The van der Waals surface area contributed by atoms with Crippen LogP contribution >= 0.6 is 0 Å². The van der Waals surface area contributed by atoms with Crippen molar-refractivity contribution in [1.29, 1.82) is 5.26 Å². The third-order valence-electron chi connectivity index (χ3n) is 1.99. The summed E-state index contributed by atoms with van der Waals surface area (Å²) >= 11 is 0. The third kappa shape index (κ3) is 3.87. The van der Waals surface area contributed by atoms with Crippen molar-refractivity contribution < 1.29 is 4.21 Å². The van der Waals surface area contributed by atoms with E-state index in [1.807, 2.05) is 13.8 Å². The second kappa shape index (κ2) is 5.31. The Morgan fingerprint density at radius 1 is 1.33 bits per heavy atom. The monoisotopic (exact) mass is 187 g/mol.